The lowest BCUT2D eigenvalue weighted by Gasteiger charge is -2.38. The minimum absolute atomic E-state index is 0.0263. The molecule has 2 fully saturated rings. The van der Waals surface area contributed by atoms with E-state index in [1.807, 2.05) is 4.90 Å². The zero-order chi connectivity index (χ0) is 17.6. The van der Waals surface area contributed by atoms with Gasteiger partial charge in [0.1, 0.15) is 12.4 Å². The molecule has 1 aromatic rings. The van der Waals surface area contributed by atoms with Gasteiger partial charge in [-0.3, -0.25) is 4.79 Å². The van der Waals surface area contributed by atoms with E-state index < -0.39 is 0 Å². The third kappa shape index (κ3) is 4.66. The number of hydrogen-bond donors (Lipinski definition) is 1. The van der Waals surface area contributed by atoms with Gasteiger partial charge in [-0.2, -0.15) is 0 Å². The molecule has 0 unspecified atom stereocenters. The van der Waals surface area contributed by atoms with Crippen LogP contribution in [0.2, 0.25) is 5.02 Å². The number of hydrogen-bond acceptors (Lipinski definition) is 4. The maximum atomic E-state index is 13.3. The van der Waals surface area contributed by atoms with Crippen LogP contribution in [0, 0.1) is 0 Å². The molecule has 0 spiro atoms. The summed E-state index contributed by atoms with van der Waals surface area (Å²) in [4.78, 5) is 17.8. The molecule has 1 amide bonds. The van der Waals surface area contributed by atoms with E-state index in [0.717, 1.165) is 39.0 Å². The lowest BCUT2D eigenvalue weighted by Crippen LogP contribution is -2.49. The molecule has 0 radical (unpaired) electrons. The van der Waals surface area contributed by atoms with E-state index >= 15 is 0 Å². The number of piperidine rings is 1. The molecule has 2 saturated heterocycles. The third-order valence-corrected chi connectivity index (χ3v) is 5.34. The first kappa shape index (κ1) is 18.5. The molecular weight excluding hydrogens is 338 g/mol. The second-order valence-electron chi connectivity index (χ2n) is 6.93. The number of nitrogens with zero attached hydrogens (tertiary/aromatic N) is 2. The predicted octanol–water partition coefficient (Wildman–Crippen LogP) is 2.77. The van der Waals surface area contributed by atoms with Crippen molar-refractivity contribution in [3.63, 3.8) is 0 Å². The Morgan fingerprint density at radius 3 is 2.72 bits per heavy atom. The first-order valence-corrected chi connectivity index (χ1v) is 9.72. The van der Waals surface area contributed by atoms with E-state index in [-0.39, 0.29) is 11.9 Å². The average molecular weight is 366 g/mol. The van der Waals surface area contributed by atoms with Gasteiger partial charge in [0.25, 0.3) is 5.91 Å². The van der Waals surface area contributed by atoms with E-state index in [9.17, 15) is 4.79 Å². The number of benzene rings is 1. The van der Waals surface area contributed by atoms with Crippen molar-refractivity contribution in [2.75, 3.05) is 39.3 Å². The standard InChI is InChI=1S/C19H28ClN3O2/c20-15-6-7-18(25-12-8-21)17(13-15)19(24)23-11-2-1-5-16(23)14-22-9-3-4-10-22/h6-7,13,16H,1-5,8-12,14,21H2/t16-/m1/s1. The van der Waals surface area contributed by atoms with Gasteiger partial charge in [-0.25, -0.2) is 0 Å². The first-order valence-electron chi connectivity index (χ1n) is 9.35. The van der Waals surface area contributed by atoms with Crippen LogP contribution in [0.5, 0.6) is 5.75 Å². The minimum Gasteiger partial charge on any atom is -0.491 e. The molecule has 1 aromatic carbocycles. The highest BCUT2D eigenvalue weighted by Crippen LogP contribution is 2.28. The van der Waals surface area contributed by atoms with Gasteiger partial charge in [0.2, 0.25) is 0 Å². The smallest absolute Gasteiger partial charge is 0.257 e. The minimum atomic E-state index is 0.0263. The Kier molecular flexibility index (Phi) is 6.57. The van der Waals surface area contributed by atoms with Crippen LogP contribution in [-0.4, -0.2) is 61.1 Å². The van der Waals surface area contributed by atoms with Gasteiger partial charge in [0.05, 0.1) is 5.56 Å². The molecule has 0 aliphatic carbocycles. The largest absolute Gasteiger partial charge is 0.491 e. The fraction of sp³-hybridized carbons (Fsp3) is 0.632. The molecule has 2 N–H and O–H groups in total. The molecule has 25 heavy (non-hydrogen) atoms. The molecule has 6 heteroatoms. The second kappa shape index (κ2) is 8.88. The molecule has 2 aliphatic heterocycles. The molecule has 0 saturated carbocycles. The summed E-state index contributed by atoms with van der Waals surface area (Å²) in [6, 6.07) is 5.52. The van der Waals surface area contributed by atoms with Crippen molar-refractivity contribution < 1.29 is 9.53 Å². The monoisotopic (exact) mass is 365 g/mol. The summed E-state index contributed by atoms with van der Waals surface area (Å²) >= 11 is 6.15. The Labute approximate surface area is 155 Å². The summed E-state index contributed by atoms with van der Waals surface area (Å²) < 4.78 is 5.68. The zero-order valence-electron chi connectivity index (χ0n) is 14.8. The number of halogens is 1. The summed E-state index contributed by atoms with van der Waals surface area (Å²) in [6.45, 7) is 4.89. The Bertz CT molecular complexity index is 590. The van der Waals surface area contributed by atoms with Crippen molar-refractivity contribution in [3.8, 4) is 5.75 Å². The van der Waals surface area contributed by atoms with Crippen LogP contribution in [0.25, 0.3) is 0 Å². The Balaban J connectivity index is 1.78. The van der Waals surface area contributed by atoms with Crippen LogP contribution < -0.4 is 10.5 Å². The summed E-state index contributed by atoms with van der Waals surface area (Å²) in [6.07, 6.45) is 5.86. The normalized spacial score (nSPS) is 21.5. The molecule has 5 nitrogen and oxygen atoms in total. The number of carbonyl (C=O) groups is 1. The van der Waals surface area contributed by atoms with E-state index in [1.54, 1.807) is 18.2 Å². The fourth-order valence-corrected chi connectivity index (χ4v) is 4.01. The highest BCUT2D eigenvalue weighted by atomic mass is 35.5. The van der Waals surface area contributed by atoms with Gasteiger partial charge in [-0.15, -0.1) is 0 Å². The van der Waals surface area contributed by atoms with Crippen LogP contribution in [0.4, 0.5) is 0 Å². The summed E-state index contributed by atoms with van der Waals surface area (Å²) in [5, 5.41) is 0.552. The van der Waals surface area contributed by atoms with Crippen molar-refractivity contribution >= 4 is 17.5 Å². The number of ether oxygens (including phenoxy) is 1. The molecule has 0 aromatic heterocycles. The fourth-order valence-electron chi connectivity index (χ4n) is 3.84. The van der Waals surface area contributed by atoms with E-state index in [4.69, 9.17) is 22.1 Å². The predicted molar refractivity (Wildman–Crippen MR) is 100 cm³/mol. The third-order valence-electron chi connectivity index (χ3n) is 5.10. The molecule has 2 aliphatic rings. The van der Waals surface area contributed by atoms with Crippen molar-refractivity contribution in [1.29, 1.82) is 0 Å². The topological polar surface area (TPSA) is 58.8 Å². The number of nitrogens with two attached hydrogens (primary N) is 1. The number of likely N-dealkylation sites (tertiary alicyclic amines) is 2. The van der Waals surface area contributed by atoms with Gasteiger partial charge in [-0.05, 0) is 63.4 Å². The second-order valence-corrected chi connectivity index (χ2v) is 7.37. The average Bonchev–Trinajstić information content (AvgIpc) is 3.13. The molecule has 0 bridgehead atoms. The molecule has 2 heterocycles. The SMILES string of the molecule is NCCOc1ccc(Cl)cc1C(=O)N1CCCC[C@@H]1CN1CCCC1. The van der Waals surface area contributed by atoms with E-state index in [0.29, 0.717) is 29.5 Å². The highest BCUT2D eigenvalue weighted by Gasteiger charge is 2.31. The lowest BCUT2D eigenvalue weighted by atomic mass is 10.00. The Morgan fingerprint density at radius 2 is 1.96 bits per heavy atom. The van der Waals surface area contributed by atoms with Crippen molar-refractivity contribution in [2.24, 2.45) is 5.73 Å². The van der Waals surface area contributed by atoms with Crippen LogP contribution in [0.1, 0.15) is 42.5 Å². The van der Waals surface area contributed by atoms with Crippen LogP contribution in [-0.2, 0) is 0 Å². The zero-order valence-corrected chi connectivity index (χ0v) is 15.5. The Hall–Kier alpha value is -1.30. The van der Waals surface area contributed by atoms with E-state index in [1.165, 1.54) is 19.3 Å². The maximum Gasteiger partial charge on any atom is 0.257 e. The van der Waals surface area contributed by atoms with Gasteiger partial charge >= 0.3 is 0 Å². The van der Waals surface area contributed by atoms with Gasteiger partial charge in [0, 0.05) is 30.7 Å². The van der Waals surface area contributed by atoms with Gasteiger partial charge in [-0.1, -0.05) is 11.6 Å². The van der Waals surface area contributed by atoms with Crippen molar-refractivity contribution in [3.05, 3.63) is 28.8 Å². The molecular formula is C19H28ClN3O2. The van der Waals surface area contributed by atoms with Gasteiger partial charge < -0.3 is 20.3 Å². The van der Waals surface area contributed by atoms with E-state index in [2.05, 4.69) is 4.90 Å². The summed E-state index contributed by atoms with van der Waals surface area (Å²) in [5.41, 5.74) is 6.09. The van der Waals surface area contributed by atoms with Crippen LogP contribution in [0.3, 0.4) is 0 Å². The Morgan fingerprint density at radius 1 is 1.20 bits per heavy atom. The number of carbonyl (C=O) groups excluding carboxylic acids is 1. The van der Waals surface area contributed by atoms with Crippen LogP contribution >= 0.6 is 11.6 Å². The first-order chi connectivity index (χ1) is 12.2. The van der Waals surface area contributed by atoms with Crippen molar-refractivity contribution in [2.45, 2.75) is 38.1 Å². The lowest BCUT2D eigenvalue weighted by molar-refractivity contribution is 0.0556. The molecule has 1 atom stereocenters. The van der Waals surface area contributed by atoms with Crippen LogP contribution in [0.15, 0.2) is 18.2 Å². The molecule has 3 rings (SSSR count). The number of amides is 1. The highest BCUT2D eigenvalue weighted by molar-refractivity contribution is 6.31. The summed E-state index contributed by atoms with van der Waals surface area (Å²) in [5.74, 6) is 0.601. The molecule has 138 valence electrons. The quantitative estimate of drug-likeness (QED) is 0.842. The maximum absolute atomic E-state index is 13.3. The number of rotatable bonds is 6. The van der Waals surface area contributed by atoms with Crippen molar-refractivity contribution in [1.82, 2.24) is 9.80 Å². The summed E-state index contributed by atoms with van der Waals surface area (Å²) in [7, 11) is 0. The van der Waals surface area contributed by atoms with Gasteiger partial charge in [0.15, 0.2) is 0 Å².